The maximum absolute atomic E-state index is 11.8. The Labute approximate surface area is 126 Å². The molecule has 1 aromatic heterocycles. The van der Waals surface area contributed by atoms with Gasteiger partial charge in [0.1, 0.15) is 5.69 Å². The Morgan fingerprint density at radius 3 is 2.45 bits per heavy atom. The van der Waals surface area contributed by atoms with Crippen LogP contribution < -0.4 is 5.32 Å². The summed E-state index contributed by atoms with van der Waals surface area (Å²) in [6.45, 7) is 0.599. The summed E-state index contributed by atoms with van der Waals surface area (Å²) in [6, 6.07) is 11.1. The van der Waals surface area contributed by atoms with E-state index in [1.165, 1.54) is 0 Å². The monoisotopic (exact) mass is 334 g/mol. The first-order valence-corrected chi connectivity index (χ1v) is 7.07. The van der Waals surface area contributed by atoms with Crippen molar-refractivity contribution in [1.29, 1.82) is 0 Å². The summed E-state index contributed by atoms with van der Waals surface area (Å²) < 4.78 is 0.845. The molecule has 104 valence electrons. The van der Waals surface area contributed by atoms with Gasteiger partial charge in [-0.1, -0.05) is 24.3 Å². The fraction of sp³-hybridized carbons (Fsp3) is 0.200. The van der Waals surface area contributed by atoms with E-state index in [2.05, 4.69) is 26.2 Å². The standard InChI is InChI=1S/C15H15BrN2O2/c16-13-5-6-14(18-9-13)15(20)17-8-7-11-1-3-12(10-19)4-2-11/h1-6,9,19H,7-8,10H2,(H,17,20). The Morgan fingerprint density at radius 1 is 1.15 bits per heavy atom. The smallest absolute Gasteiger partial charge is 0.269 e. The zero-order valence-electron chi connectivity index (χ0n) is 10.8. The molecular formula is C15H15BrN2O2. The maximum atomic E-state index is 11.8. The average molecular weight is 335 g/mol. The third-order valence-electron chi connectivity index (χ3n) is 2.86. The largest absolute Gasteiger partial charge is 0.392 e. The van der Waals surface area contributed by atoms with E-state index in [1.54, 1.807) is 18.3 Å². The highest BCUT2D eigenvalue weighted by atomic mass is 79.9. The van der Waals surface area contributed by atoms with Gasteiger partial charge in [-0.05, 0) is 45.6 Å². The lowest BCUT2D eigenvalue weighted by Crippen LogP contribution is -2.26. The number of hydrogen-bond acceptors (Lipinski definition) is 3. The van der Waals surface area contributed by atoms with E-state index in [1.807, 2.05) is 24.3 Å². The Balaban J connectivity index is 1.82. The topological polar surface area (TPSA) is 62.2 Å². The van der Waals surface area contributed by atoms with Crippen LogP contribution in [-0.2, 0) is 13.0 Å². The van der Waals surface area contributed by atoms with Gasteiger partial charge in [-0.15, -0.1) is 0 Å². The SMILES string of the molecule is O=C(NCCc1ccc(CO)cc1)c1ccc(Br)cn1. The normalized spacial score (nSPS) is 10.3. The number of amides is 1. The molecule has 0 saturated carbocycles. The highest BCUT2D eigenvalue weighted by Gasteiger charge is 2.05. The molecule has 1 heterocycles. The number of hydrogen-bond donors (Lipinski definition) is 2. The fourth-order valence-corrected chi connectivity index (χ4v) is 1.97. The molecule has 20 heavy (non-hydrogen) atoms. The Morgan fingerprint density at radius 2 is 1.85 bits per heavy atom. The summed E-state index contributed by atoms with van der Waals surface area (Å²) in [5, 5.41) is 11.8. The molecule has 0 atom stereocenters. The van der Waals surface area contributed by atoms with Gasteiger partial charge in [0.15, 0.2) is 0 Å². The zero-order valence-corrected chi connectivity index (χ0v) is 12.4. The minimum absolute atomic E-state index is 0.0479. The second-order valence-electron chi connectivity index (χ2n) is 4.34. The molecule has 2 rings (SSSR count). The van der Waals surface area contributed by atoms with Crippen molar-refractivity contribution in [1.82, 2.24) is 10.3 Å². The number of aromatic nitrogens is 1. The molecule has 0 aliphatic heterocycles. The summed E-state index contributed by atoms with van der Waals surface area (Å²) in [7, 11) is 0. The fourth-order valence-electron chi connectivity index (χ4n) is 1.73. The Bertz CT molecular complexity index is 567. The van der Waals surface area contributed by atoms with Gasteiger partial charge < -0.3 is 10.4 Å². The summed E-state index contributed by atoms with van der Waals surface area (Å²) in [5.74, 6) is -0.176. The Hall–Kier alpha value is -1.72. The lowest BCUT2D eigenvalue weighted by atomic mass is 10.1. The molecule has 0 fully saturated rings. The van der Waals surface area contributed by atoms with Gasteiger partial charge in [-0.3, -0.25) is 4.79 Å². The molecule has 5 heteroatoms. The van der Waals surface area contributed by atoms with E-state index in [4.69, 9.17) is 5.11 Å². The molecule has 2 N–H and O–H groups in total. The molecule has 4 nitrogen and oxygen atoms in total. The number of halogens is 1. The molecule has 0 radical (unpaired) electrons. The Kier molecular flexibility index (Phi) is 5.26. The third-order valence-corrected chi connectivity index (χ3v) is 3.33. The summed E-state index contributed by atoms with van der Waals surface area (Å²) in [4.78, 5) is 15.9. The average Bonchev–Trinajstić information content (AvgIpc) is 2.48. The second-order valence-corrected chi connectivity index (χ2v) is 5.26. The summed E-state index contributed by atoms with van der Waals surface area (Å²) >= 11 is 3.28. The first-order valence-electron chi connectivity index (χ1n) is 6.27. The first-order chi connectivity index (χ1) is 9.69. The van der Waals surface area contributed by atoms with E-state index >= 15 is 0 Å². The number of carbonyl (C=O) groups excluding carboxylic acids is 1. The minimum atomic E-state index is -0.176. The number of benzene rings is 1. The van der Waals surface area contributed by atoms with Crippen molar-refractivity contribution < 1.29 is 9.90 Å². The number of nitrogens with one attached hydrogen (secondary N) is 1. The van der Waals surface area contributed by atoms with Gasteiger partial charge in [0.05, 0.1) is 6.61 Å². The van der Waals surface area contributed by atoms with Crippen molar-refractivity contribution in [3.05, 3.63) is 63.9 Å². The molecule has 2 aromatic rings. The van der Waals surface area contributed by atoms with Crippen LogP contribution in [0.4, 0.5) is 0 Å². The predicted octanol–water partition coefficient (Wildman–Crippen LogP) is 2.31. The predicted molar refractivity (Wildman–Crippen MR) is 80.3 cm³/mol. The van der Waals surface area contributed by atoms with Gasteiger partial charge in [0, 0.05) is 17.2 Å². The van der Waals surface area contributed by atoms with Gasteiger partial charge in [-0.2, -0.15) is 0 Å². The molecule has 0 spiro atoms. The highest BCUT2D eigenvalue weighted by molar-refractivity contribution is 9.10. The van der Waals surface area contributed by atoms with Crippen LogP contribution in [-0.4, -0.2) is 22.5 Å². The van der Waals surface area contributed by atoms with Crippen LogP contribution in [0.25, 0.3) is 0 Å². The number of nitrogens with zero attached hydrogens (tertiary/aromatic N) is 1. The van der Waals surface area contributed by atoms with Crippen molar-refractivity contribution in [2.45, 2.75) is 13.0 Å². The molecule has 0 aliphatic rings. The van der Waals surface area contributed by atoms with Gasteiger partial charge in [-0.25, -0.2) is 4.98 Å². The molecular weight excluding hydrogens is 320 g/mol. The van der Waals surface area contributed by atoms with Crippen LogP contribution in [0.1, 0.15) is 21.6 Å². The minimum Gasteiger partial charge on any atom is -0.392 e. The summed E-state index contributed by atoms with van der Waals surface area (Å²) in [6.07, 6.45) is 2.34. The van der Waals surface area contributed by atoms with E-state index < -0.39 is 0 Å². The first kappa shape index (κ1) is 14.7. The van der Waals surface area contributed by atoms with Crippen molar-refractivity contribution in [3.63, 3.8) is 0 Å². The molecule has 1 amide bonds. The van der Waals surface area contributed by atoms with Gasteiger partial charge in [0.25, 0.3) is 5.91 Å². The molecule has 0 aliphatic carbocycles. The number of pyridine rings is 1. The summed E-state index contributed by atoms with van der Waals surface area (Å²) in [5.41, 5.74) is 2.41. The van der Waals surface area contributed by atoms with Crippen LogP contribution >= 0.6 is 15.9 Å². The van der Waals surface area contributed by atoms with Crippen molar-refractivity contribution in [3.8, 4) is 0 Å². The van der Waals surface area contributed by atoms with Crippen LogP contribution in [0.5, 0.6) is 0 Å². The number of aliphatic hydroxyl groups is 1. The molecule has 0 saturated heterocycles. The quantitative estimate of drug-likeness (QED) is 0.881. The van der Waals surface area contributed by atoms with Crippen LogP contribution in [0.3, 0.4) is 0 Å². The second kappa shape index (κ2) is 7.17. The van der Waals surface area contributed by atoms with Crippen LogP contribution in [0.15, 0.2) is 47.1 Å². The number of rotatable bonds is 5. The molecule has 0 bridgehead atoms. The molecule has 1 aromatic carbocycles. The maximum Gasteiger partial charge on any atom is 0.269 e. The van der Waals surface area contributed by atoms with E-state index in [-0.39, 0.29) is 12.5 Å². The highest BCUT2D eigenvalue weighted by Crippen LogP contribution is 2.07. The van der Waals surface area contributed by atoms with Gasteiger partial charge in [0.2, 0.25) is 0 Å². The van der Waals surface area contributed by atoms with Crippen LogP contribution in [0.2, 0.25) is 0 Å². The lowest BCUT2D eigenvalue weighted by molar-refractivity contribution is 0.0949. The van der Waals surface area contributed by atoms with Crippen molar-refractivity contribution in [2.24, 2.45) is 0 Å². The zero-order chi connectivity index (χ0) is 14.4. The molecule has 0 unspecified atom stereocenters. The van der Waals surface area contributed by atoms with E-state index in [0.29, 0.717) is 12.2 Å². The van der Waals surface area contributed by atoms with Crippen molar-refractivity contribution >= 4 is 21.8 Å². The number of aliphatic hydroxyl groups excluding tert-OH is 1. The lowest BCUT2D eigenvalue weighted by Gasteiger charge is -2.05. The van der Waals surface area contributed by atoms with Gasteiger partial charge >= 0.3 is 0 Å². The number of carbonyl (C=O) groups is 1. The third kappa shape index (κ3) is 4.15. The van der Waals surface area contributed by atoms with E-state index in [0.717, 1.165) is 22.0 Å². The van der Waals surface area contributed by atoms with E-state index in [9.17, 15) is 4.79 Å². The van der Waals surface area contributed by atoms with Crippen LogP contribution in [0, 0.1) is 0 Å². The van der Waals surface area contributed by atoms with Crippen molar-refractivity contribution in [2.75, 3.05) is 6.54 Å².